The second-order valence-corrected chi connectivity index (χ2v) is 6.10. The van der Waals surface area contributed by atoms with Crippen LogP contribution in [0.4, 0.5) is 11.4 Å². The van der Waals surface area contributed by atoms with Crippen molar-refractivity contribution in [2.45, 2.75) is 6.92 Å². The maximum Gasteiger partial charge on any atom is 0.271 e. The first-order valence-electron chi connectivity index (χ1n) is 5.90. The topological polar surface area (TPSA) is 72.2 Å². The van der Waals surface area contributed by atoms with Crippen molar-refractivity contribution in [3.63, 3.8) is 0 Å². The van der Waals surface area contributed by atoms with Crippen molar-refractivity contribution < 1.29 is 9.72 Å². The fourth-order valence-electron chi connectivity index (χ4n) is 1.72. The Kier molecular flexibility index (Phi) is 4.74. The molecule has 0 fully saturated rings. The number of hydrogen-bond acceptors (Lipinski definition) is 3. The SMILES string of the molecule is Cc1ccc([N+](=O)[O-])cc1NC(=O)c1ccc(Br)cc1Br. The predicted octanol–water partition coefficient (Wildman–Crippen LogP) is 4.68. The highest BCUT2D eigenvalue weighted by atomic mass is 79.9. The molecule has 0 unspecified atom stereocenters. The number of carbonyl (C=O) groups is 1. The van der Waals surface area contributed by atoms with Crippen molar-refractivity contribution in [2.75, 3.05) is 5.32 Å². The third kappa shape index (κ3) is 3.68. The van der Waals surface area contributed by atoms with E-state index in [0.29, 0.717) is 15.7 Å². The maximum absolute atomic E-state index is 12.3. The molecule has 7 heteroatoms. The lowest BCUT2D eigenvalue weighted by molar-refractivity contribution is -0.384. The molecule has 0 saturated carbocycles. The molecule has 0 bridgehead atoms. The Labute approximate surface area is 137 Å². The molecule has 0 aromatic heterocycles. The minimum atomic E-state index is -0.495. The molecule has 0 saturated heterocycles. The fraction of sp³-hybridized carbons (Fsp3) is 0.0714. The van der Waals surface area contributed by atoms with Gasteiger partial charge in [-0.3, -0.25) is 14.9 Å². The van der Waals surface area contributed by atoms with Crippen LogP contribution in [0.1, 0.15) is 15.9 Å². The van der Waals surface area contributed by atoms with Gasteiger partial charge in [0.1, 0.15) is 0 Å². The smallest absolute Gasteiger partial charge is 0.271 e. The lowest BCUT2D eigenvalue weighted by Crippen LogP contribution is -2.13. The van der Waals surface area contributed by atoms with Crippen LogP contribution in [0.3, 0.4) is 0 Å². The Morgan fingerprint density at radius 3 is 2.52 bits per heavy atom. The van der Waals surface area contributed by atoms with Crippen LogP contribution in [0.2, 0.25) is 0 Å². The van der Waals surface area contributed by atoms with Crippen LogP contribution < -0.4 is 5.32 Å². The second kappa shape index (κ2) is 6.36. The molecule has 5 nitrogen and oxygen atoms in total. The zero-order valence-electron chi connectivity index (χ0n) is 10.9. The lowest BCUT2D eigenvalue weighted by Gasteiger charge is -2.09. The third-order valence-electron chi connectivity index (χ3n) is 2.86. The highest BCUT2D eigenvalue weighted by Gasteiger charge is 2.14. The number of aryl methyl sites for hydroxylation is 1. The molecule has 1 N–H and O–H groups in total. The summed E-state index contributed by atoms with van der Waals surface area (Å²) in [5.41, 5.74) is 1.56. The summed E-state index contributed by atoms with van der Waals surface area (Å²) in [6.07, 6.45) is 0. The van der Waals surface area contributed by atoms with Crippen LogP contribution in [-0.4, -0.2) is 10.8 Å². The summed E-state index contributed by atoms with van der Waals surface area (Å²) in [6, 6.07) is 9.52. The molecule has 21 heavy (non-hydrogen) atoms. The summed E-state index contributed by atoms with van der Waals surface area (Å²) >= 11 is 6.63. The summed E-state index contributed by atoms with van der Waals surface area (Å²) in [4.78, 5) is 22.5. The van der Waals surface area contributed by atoms with Crippen LogP contribution in [0.5, 0.6) is 0 Å². The monoisotopic (exact) mass is 412 g/mol. The van der Waals surface area contributed by atoms with Crippen molar-refractivity contribution in [2.24, 2.45) is 0 Å². The normalized spacial score (nSPS) is 10.2. The second-order valence-electron chi connectivity index (χ2n) is 4.33. The van der Waals surface area contributed by atoms with Gasteiger partial charge in [0.2, 0.25) is 0 Å². The molecule has 0 aliphatic heterocycles. The first-order chi connectivity index (χ1) is 9.88. The molecule has 2 rings (SSSR count). The number of nitrogens with zero attached hydrogens (tertiary/aromatic N) is 1. The van der Waals surface area contributed by atoms with Crippen molar-refractivity contribution in [1.82, 2.24) is 0 Å². The van der Waals surface area contributed by atoms with Crippen LogP contribution in [0.25, 0.3) is 0 Å². The van der Waals surface area contributed by atoms with E-state index in [0.717, 1.165) is 10.0 Å². The molecular formula is C14H10Br2N2O3. The Hall–Kier alpha value is -1.73. The van der Waals surface area contributed by atoms with E-state index in [2.05, 4.69) is 37.2 Å². The predicted molar refractivity (Wildman–Crippen MR) is 87.6 cm³/mol. The van der Waals surface area contributed by atoms with E-state index >= 15 is 0 Å². The molecule has 0 spiro atoms. The average molecular weight is 414 g/mol. The number of nitrogens with one attached hydrogen (secondary N) is 1. The van der Waals surface area contributed by atoms with Gasteiger partial charge in [-0.05, 0) is 46.6 Å². The number of nitro groups is 1. The largest absolute Gasteiger partial charge is 0.321 e. The molecule has 1 amide bonds. The number of nitro benzene ring substituents is 1. The van der Waals surface area contributed by atoms with Gasteiger partial charge in [0.15, 0.2) is 0 Å². The van der Waals surface area contributed by atoms with E-state index in [-0.39, 0.29) is 11.6 Å². The van der Waals surface area contributed by atoms with Crippen LogP contribution >= 0.6 is 31.9 Å². The Morgan fingerprint density at radius 1 is 1.19 bits per heavy atom. The van der Waals surface area contributed by atoms with Gasteiger partial charge in [-0.1, -0.05) is 22.0 Å². The number of carbonyl (C=O) groups excluding carboxylic acids is 1. The summed E-state index contributed by atoms with van der Waals surface area (Å²) in [7, 11) is 0. The van der Waals surface area contributed by atoms with Crippen LogP contribution in [0, 0.1) is 17.0 Å². The molecule has 0 aliphatic rings. The van der Waals surface area contributed by atoms with Gasteiger partial charge in [-0.25, -0.2) is 0 Å². The van der Waals surface area contributed by atoms with E-state index in [1.165, 1.54) is 12.1 Å². The highest BCUT2D eigenvalue weighted by molar-refractivity contribution is 9.11. The summed E-state index contributed by atoms with van der Waals surface area (Å²) in [5.74, 6) is -0.335. The maximum atomic E-state index is 12.3. The van der Waals surface area contributed by atoms with Gasteiger partial charge in [0.25, 0.3) is 11.6 Å². The zero-order valence-corrected chi connectivity index (χ0v) is 14.1. The van der Waals surface area contributed by atoms with Gasteiger partial charge in [0.05, 0.1) is 16.2 Å². The first kappa shape index (κ1) is 15.7. The van der Waals surface area contributed by atoms with E-state index in [1.54, 1.807) is 31.2 Å². The zero-order chi connectivity index (χ0) is 15.6. The average Bonchev–Trinajstić information content (AvgIpc) is 2.40. The van der Waals surface area contributed by atoms with Gasteiger partial charge in [0, 0.05) is 21.1 Å². The highest BCUT2D eigenvalue weighted by Crippen LogP contribution is 2.25. The van der Waals surface area contributed by atoms with Crippen LogP contribution in [-0.2, 0) is 0 Å². The molecule has 0 atom stereocenters. The molecule has 0 aliphatic carbocycles. The number of benzene rings is 2. The van der Waals surface area contributed by atoms with Gasteiger partial charge >= 0.3 is 0 Å². The molecular weight excluding hydrogens is 404 g/mol. The molecule has 0 heterocycles. The molecule has 2 aromatic carbocycles. The van der Waals surface area contributed by atoms with E-state index in [4.69, 9.17) is 0 Å². The minimum absolute atomic E-state index is 0.0641. The number of non-ortho nitro benzene ring substituents is 1. The lowest BCUT2D eigenvalue weighted by atomic mass is 10.1. The Balaban J connectivity index is 2.31. The van der Waals surface area contributed by atoms with Crippen molar-refractivity contribution in [3.05, 3.63) is 66.6 Å². The number of halogens is 2. The van der Waals surface area contributed by atoms with E-state index in [1.807, 2.05) is 0 Å². The third-order valence-corrected chi connectivity index (χ3v) is 4.01. The number of anilines is 1. The number of amides is 1. The van der Waals surface area contributed by atoms with Gasteiger partial charge in [-0.15, -0.1) is 0 Å². The number of rotatable bonds is 3. The van der Waals surface area contributed by atoms with Gasteiger partial charge in [-0.2, -0.15) is 0 Å². The number of hydrogen-bond donors (Lipinski definition) is 1. The first-order valence-corrected chi connectivity index (χ1v) is 7.48. The van der Waals surface area contributed by atoms with Crippen LogP contribution in [0.15, 0.2) is 45.3 Å². The van der Waals surface area contributed by atoms with Crippen molar-refractivity contribution in [3.8, 4) is 0 Å². The Morgan fingerprint density at radius 2 is 1.90 bits per heavy atom. The molecule has 0 radical (unpaired) electrons. The van der Waals surface area contributed by atoms with Gasteiger partial charge < -0.3 is 5.32 Å². The molecule has 108 valence electrons. The van der Waals surface area contributed by atoms with Crippen molar-refractivity contribution >= 4 is 49.1 Å². The van der Waals surface area contributed by atoms with Crippen molar-refractivity contribution in [1.29, 1.82) is 0 Å². The fourth-order valence-corrected chi connectivity index (χ4v) is 2.95. The minimum Gasteiger partial charge on any atom is -0.321 e. The van der Waals surface area contributed by atoms with E-state index in [9.17, 15) is 14.9 Å². The quantitative estimate of drug-likeness (QED) is 0.586. The Bertz CT molecular complexity index is 732. The summed E-state index contributed by atoms with van der Waals surface area (Å²) in [5, 5.41) is 13.5. The van der Waals surface area contributed by atoms with E-state index < -0.39 is 4.92 Å². The standard InChI is InChI=1S/C14H10Br2N2O3/c1-8-2-4-10(18(20)21)7-13(8)17-14(19)11-5-3-9(15)6-12(11)16/h2-7H,1H3,(H,17,19). The summed E-state index contributed by atoms with van der Waals surface area (Å²) < 4.78 is 1.48. The molecule has 2 aromatic rings. The summed E-state index contributed by atoms with van der Waals surface area (Å²) in [6.45, 7) is 1.77.